The normalized spacial score (nSPS) is 14.1. The van der Waals surface area contributed by atoms with Crippen LogP contribution in [-0.2, 0) is 0 Å². The van der Waals surface area contributed by atoms with Gasteiger partial charge in [-0.15, -0.1) is 0 Å². The van der Waals surface area contributed by atoms with Gasteiger partial charge < -0.3 is 24.3 Å². The highest BCUT2D eigenvalue weighted by atomic mass is 19.4. The van der Waals surface area contributed by atoms with E-state index in [1.165, 1.54) is 37.4 Å². The number of methoxy groups -OCH3 is 2. The molecule has 0 bridgehead atoms. The van der Waals surface area contributed by atoms with Gasteiger partial charge in [0.15, 0.2) is 29.5 Å². The number of carbonyl (C=O) groups excluding carboxylic acids is 1. The Balaban J connectivity index is 1.32. The highest BCUT2D eigenvalue weighted by Gasteiger charge is 2.31. The van der Waals surface area contributed by atoms with E-state index < -0.39 is 18.7 Å². The molecule has 10 nitrogen and oxygen atoms in total. The van der Waals surface area contributed by atoms with E-state index in [1.54, 1.807) is 30.5 Å². The summed E-state index contributed by atoms with van der Waals surface area (Å²) in [6.45, 7) is -1.53. The molecule has 1 amide bonds. The number of pyridine rings is 2. The van der Waals surface area contributed by atoms with E-state index >= 15 is 0 Å². The molecule has 4 aromatic rings. The van der Waals surface area contributed by atoms with Crippen LogP contribution < -0.4 is 24.3 Å². The van der Waals surface area contributed by atoms with E-state index in [4.69, 9.17) is 18.9 Å². The number of carbonyl (C=O) groups is 1. The lowest BCUT2D eigenvalue weighted by molar-refractivity contribution is -0.153. The molecule has 5 rings (SSSR count). The Morgan fingerprint density at radius 2 is 1.76 bits per heavy atom. The summed E-state index contributed by atoms with van der Waals surface area (Å²) in [5.41, 5.74) is 0.391. The summed E-state index contributed by atoms with van der Waals surface area (Å²) in [7, 11) is 3.07. The smallest absolute Gasteiger partial charge is 0.422 e. The zero-order chi connectivity index (χ0) is 29.0. The third-order valence-corrected chi connectivity index (χ3v) is 6.67. The molecule has 216 valence electrons. The van der Waals surface area contributed by atoms with Crippen LogP contribution in [0.1, 0.15) is 48.6 Å². The van der Waals surface area contributed by atoms with Crippen LogP contribution in [0.15, 0.2) is 48.9 Å². The average Bonchev–Trinajstić information content (AvgIpc) is 3.41. The number of hydrogen-bond donors (Lipinski definition) is 1. The summed E-state index contributed by atoms with van der Waals surface area (Å²) in [6, 6.07) is 8.28. The number of amides is 1. The van der Waals surface area contributed by atoms with E-state index in [-0.39, 0.29) is 23.3 Å². The quantitative estimate of drug-likeness (QED) is 0.248. The molecule has 3 aromatic heterocycles. The highest BCUT2D eigenvalue weighted by molar-refractivity contribution is 6.04. The SMILES string of the molecule is COc1cc2nccc(Oc3ccc(NC(=O)c4nn(C5CCCCC5)cc4OCC(F)(F)F)nc3)c2cc1OC. The van der Waals surface area contributed by atoms with Crippen molar-refractivity contribution in [3.8, 4) is 28.7 Å². The second kappa shape index (κ2) is 11.9. The zero-order valence-electron chi connectivity index (χ0n) is 22.4. The molecule has 0 aliphatic heterocycles. The Morgan fingerprint density at radius 1 is 1.00 bits per heavy atom. The van der Waals surface area contributed by atoms with Gasteiger partial charge in [0.1, 0.15) is 17.3 Å². The molecule has 1 saturated carbocycles. The molecular weight excluding hydrogens is 543 g/mol. The lowest BCUT2D eigenvalue weighted by Gasteiger charge is -2.21. The number of hydrogen-bond acceptors (Lipinski definition) is 8. The largest absolute Gasteiger partial charge is 0.493 e. The van der Waals surface area contributed by atoms with Crippen molar-refractivity contribution in [2.45, 2.75) is 44.3 Å². The average molecular weight is 572 g/mol. The van der Waals surface area contributed by atoms with Gasteiger partial charge in [-0.05, 0) is 37.1 Å². The van der Waals surface area contributed by atoms with E-state index in [9.17, 15) is 18.0 Å². The van der Waals surface area contributed by atoms with Gasteiger partial charge in [-0.3, -0.25) is 14.5 Å². The number of halogens is 3. The van der Waals surface area contributed by atoms with Crippen LogP contribution >= 0.6 is 0 Å². The predicted octanol–water partition coefficient (Wildman–Crippen LogP) is 6.33. The Labute approximate surface area is 233 Å². The van der Waals surface area contributed by atoms with Crippen molar-refractivity contribution < 1.29 is 36.9 Å². The van der Waals surface area contributed by atoms with Gasteiger partial charge in [-0.2, -0.15) is 18.3 Å². The fourth-order valence-corrected chi connectivity index (χ4v) is 4.68. The number of anilines is 1. The summed E-state index contributed by atoms with van der Waals surface area (Å²) >= 11 is 0. The minimum atomic E-state index is -4.56. The highest BCUT2D eigenvalue weighted by Crippen LogP contribution is 2.37. The Bertz CT molecular complexity index is 1520. The van der Waals surface area contributed by atoms with E-state index in [1.807, 2.05) is 0 Å². The van der Waals surface area contributed by atoms with E-state index in [2.05, 4.69) is 20.4 Å². The molecule has 1 aliphatic carbocycles. The summed E-state index contributed by atoms with van der Waals surface area (Å²) < 4.78 is 61.7. The minimum Gasteiger partial charge on any atom is -0.493 e. The molecule has 13 heteroatoms. The first-order valence-corrected chi connectivity index (χ1v) is 13.0. The Kier molecular flexibility index (Phi) is 8.13. The van der Waals surface area contributed by atoms with E-state index in [0.717, 1.165) is 32.1 Å². The molecule has 1 aliphatic rings. The number of nitrogens with zero attached hydrogens (tertiary/aromatic N) is 4. The van der Waals surface area contributed by atoms with Crippen molar-refractivity contribution in [2.75, 3.05) is 26.1 Å². The van der Waals surface area contributed by atoms with Crippen molar-refractivity contribution >= 4 is 22.6 Å². The fourth-order valence-electron chi connectivity index (χ4n) is 4.68. The second-order valence-electron chi connectivity index (χ2n) is 9.49. The maximum Gasteiger partial charge on any atom is 0.422 e. The van der Waals surface area contributed by atoms with Crippen molar-refractivity contribution in [2.24, 2.45) is 0 Å². The van der Waals surface area contributed by atoms with Crippen molar-refractivity contribution in [3.05, 3.63) is 54.6 Å². The third-order valence-electron chi connectivity index (χ3n) is 6.67. The monoisotopic (exact) mass is 571 g/mol. The van der Waals surface area contributed by atoms with Crippen LogP contribution in [0, 0.1) is 0 Å². The molecule has 0 radical (unpaired) electrons. The van der Waals surface area contributed by atoms with Crippen LogP contribution in [-0.4, -0.2) is 52.7 Å². The number of ether oxygens (including phenoxy) is 4. The first-order valence-electron chi connectivity index (χ1n) is 13.0. The molecule has 41 heavy (non-hydrogen) atoms. The summed E-state index contributed by atoms with van der Waals surface area (Å²) in [4.78, 5) is 21.6. The van der Waals surface area contributed by atoms with Crippen molar-refractivity contribution in [1.82, 2.24) is 19.7 Å². The van der Waals surface area contributed by atoms with Gasteiger partial charge in [0.2, 0.25) is 0 Å². The van der Waals surface area contributed by atoms with Crippen molar-refractivity contribution in [3.63, 3.8) is 0 Å². The molecular formula is C28H28F3N5O5. The first kappa shape index (κ1) is 28.0. The van der Waals surface area contributed by atoms with Gasteiger partial charge >= 0.3 is 6.18 Å². The van der Waals surface area contributed by atoms with E-state index in [0.29, 0.717) is 33.9 Å². The lowest BCUT2D eigenvalue weighted by atomic mass is 9.96. The van der Waals surface area contributed by atoms with Gasteiger partial charge in [0.05, 0.1) is 38.2 Å². The molecule has 0 atom stereocenters. The number of rotatable bonds is 9. The van der Waals surface area contributed by atoms with Crippen molar-refractivity contribution in [1.29, 1.82) is 0 Å². The molecule has 0 saturated heterocycles. The molecule has 1 aromatic carbocycles. The fraction of sp³-hybridized carbons (Fsp3) is 0.357. The summed E-state index contributed by atoms with van der Waals surface area (Å²) in [5, 5.41) is 7.55. The van der Waals surface area contributed by atoms with Gasteiger partial charge in [-0.25, -0.2) is 4.98 Å². The lowest BCUT2D eigenvalue weighted by Crippen LogP contribution is -2.21. The van der Waals surface area contributed by atoms with Crippen LogP contribution in [0.5, 0.6) is 28.7 Å². The molecule has 1 N–H and O–H groups in total. The third kappa shape index (κ3) is 6.61. The summed E-state index contributed by atoms with van der Waals surface area (Å²) in [5.74, 6) is 1.10. The molecule has 0 unspecified atom stereocenters. The van der Waals surface area contributed by atoms with Crippen LogP contribution in [0.3, 0.4) is 0 Å². The maximum atomic E-state index is 13.0. The molecule has 3 heterocycles. The Hall–Kier alpha value is -4.55. The van der Waals surface area contributed by atoms with Gasteiger partial charge in [0.25, 0.3) is 5.91 Å². The van der Waals surface area contributed by atoms with Gasteiger partial charge in [-0.1, -0.05) is 19.3 Å². The Morgan fingerprint density at radius 3 is 2.44 bits per heavy atom. The number of alkyl halides is 3. The van der Waals surface area contributed by atoms with Gasteiger partial charge in [0, 0.05) is 17.6 Å². The molecule has 0 spiro atoms. The zero-order valence-corrected chi connectivity index (χ0v) is 22.4. The molecule has 1 fully saturated rings. The van der Waals surface area contributed by atoms with Crippen LogP contribution in [0.2, 0.25) is 0 Å². The number of aromatic nitrogens is 4. The predicted molar refractivity (Wildman–Crippen MR) is 143 cm³/mol. The second-order valence-corrected chi connectivity index (χ2v) is 9.49. The van der Waals surface area contributed by atoms with Crippen LogP contribution in [0.25, 0.3) is 10.9 Å². The standard InChI is InChI=1S/C28H28F3N5O5/c1-38-22-12-19-20(13-23(22)39-2)32-11-10-21(19)41-18-8-9-25(33-14-18)34-27(37)26-24(40-16-28(29,30)31)15-36(35-26)17-6-4-3-5-7-17/h8-15,17H,3-7,16H2,1-2H3,(H,33,34,37). The summed E-state index contributed by atoms with van der Waals surface area (Å²) in [6.07, 6.45) is 4.53. The number of fused-ring (bicyclic) bond motifs is 1. The van der Waals surface area contributed by atoms with Crippen LogP contribution in [0.4, 0.5) is 19.0 Å². The minimum absolute atomic E-state index is 0.00147. The maximum absolute atomic E-state index is 13.0. The topological polar surface area (TPSA) is 110 Å². The number of benzene rings is 1. The number of nitrogens with one attached hydrogen (secondary N) is 1. The first-order chi connectivity index (χ1) is 19.7.